The molecule has 1 aliphatic carbocycles. The molecule has 1 aromatic heterocycles. The van der Waals surface area contributed by atoms with Gasteiger partial charge in [0.1, 0.15) is 5.60 Å². The quantitative estimate of drug-likeness (QED) is 0.667. The van der Waals surface area contributed by atoms with Crippen LogP contribution in [0, 0.1) is 11.3 Å². The van der Waals surface area contributed by atoms with E-state index in [1.807, 2.05) is 6.20 Å². The Bertz CT molecular complexity index is 508. The summed E-state index contributed by atoms with van der Waals surface area (Å²) in [5.74, 6) is 0.532. The Morgan fingerprint density at radius 2 is 2.00 bits per heavy atom. The Labute approximate surface area is 114 Å². The fraction of sp³-hybridized carbons (Fsp3) is 0.625. The third-order valence-corrected chi connectivity index (χ3v) is 4.84. The lowest BCUT2D eigenvalue weighted by molar-refractivity contribution is -0.0454. The van der Waals surface area contributed by atoms with Crippen molar-refractivity contribution in [2.45, 2.75) is 52.1 Å². The fourth-order valence-corrected chi connectivity index (χ4v) is 3.54. The maximum atomic E-state index is 12.0. The molecule has 3 heteroatoms. The molecule has 1 fully saturated rings. The Morgan fingerprint density at radius 1 is 1.32 bits per heavy atom. The van der Waals surface area contributed by atoms with E-state index >= 15 is 0 Å². The molecule has 0 amide bonds. The van der Waals surface area contributed by atoms with Gasteiger partial charge in [-0.25, -0.2) is 4.79 Å². The van der Waals surface area contributed by atoms with Crippen molar-refractivity contribution < 1.29 is 9.53 Å². The first-order chi connectivity index (χ1) is 8.92. The molecule has 2 aliphatic rings. The molecule has 0 atom stereocenters. The fourth-order valence-electron chi connectivity index (χ4n) is 3.54. The first-order valence-electron chi connectivity index (χ1n) is 7.10. The average Bonchev–Trinajstić information content (AvgIpc) is 2.63. The summed E-state index contributed by atoms with van der Waals surface area (Å²) in [6.07, 6.45) is 7.58. The Balaban J connectivity index is 1.87. The molecule has 102 valence electrons. The number of carbonyl (C=O) groups excluding carboxylic acids is 1. The van der Waals surface area contributed by atoms with Crippen LogP contribution in [0.15, 0.2) is 18.5 Å². The van der Waals surface area contributed by atoms with Gasteiger partial charge in [0.15, 0.2) is 0 Å². The molecular weight excluding hydrogens is 238 g/mol. The second-order valence-corrected chi connectivity index (χ2v) is 6.95. The maximum absolute atomic E-state index is 12.0. The van der Waals surface area contributed by atoms with Crippen LogP contribution in [0.4, 0.5) is 0 Å². The van der Waals surface area contributed by atoms with Gasteiger partial charge in [0.05, 0.1) is 5.56 Å². The van der Waals surface area contributed by atoms with E-state index in [0.717, 1.165) is 31.2 Å². The number of fused-ring (bicyclic) bond motifs is 2. The van der Waals surface area contributed by atoms with Crippen molar-refractivity contribution >= 4 is 5.97 Å². The van der Waals surface area contributed by atoms with Gasteiger partial charge in [0, 0.05) is 18.0 Å². The smallest absolute Gasteiger partial charge is 0.339 e. The molecule has 0 bridgehead atoms. The van der Waals surface area contributed by atoms with Crippen LogP contribution >= 0.6 is 0 Å². The number of aromatic nitrogens is 1. The molecule has 2 heterocycles. The summed E-state index contributed by atoms with van der Waals surface area (Å²) in [6, 6.07) is 1.78. The summed E-state index contributed by atoms with van der Waals surface area (Å²) in [4.78, 5) is 16.1. The van der Waals surface area contributed by atoms with E-state index < -0.39 is 0 Å². The molecular formula is C16H21NO2. The van der Waals surface area contributed by atoms with Crippen LogP contribution in [0.25, 0.3) is 0 Å². The highest BCUT2D eigenvalue weighted by Crippen LogP contribution is 2.50. The van der Waals surface area contributed by atoms with Crippen LogP contribution in [-0.2, 0) is 10.3 Å². The number of pyridine rings is 1. The summed E-state index contributed by atoms with van der Waals surface area (Å²) in [5, 5.41) is 0. The molecule has 0 unspecified atom stereocenters. The summed E-state index contributed by atoms with van der Waals surface area (Å²) >= 11 is 0. The lowest BCUT2D eigenvalue weighted by atomic mass is 9.67. The van der Waals surface area contributed by atoms with Crippen molar-refractivity contribution in [1.82, 2.24) is 4.98 Å². The molecule has 1 saturated carbocycles. The van der Waals surface area contributed by atoms with E-state index in [1.165, 1.54) is 0 Å². The first-order valence-corrected chi connectivity index (χ1v) is 7.10. The normalized spacial score (nSPS) is 30.3. The highest BCUT2D eigenvalue weighted by molar-refractivity contribution is 5.94. The minimum absolute atomic E-state index is 0.174. The van der Waals surface area contributed by atoms with Crippen molar-refractivity contribution in [3.05, 3.63) is 29.6 Å². The van der Waals surface area contributed by atoms with Crippen molar-refractivity contribution in [2.75, 3.05) is 0 Å². The third-order valence-electron chi connectivity index (χ3n) is 4.84. The van der Waals surface area contributed by atoms with E-state index in [0.29, 0.717) is 16.9 Å². The molecule has 0 aromatic carbocycles. The third kappa shape index (κ3) is 1.96. The second-order valence-electron chi connectivity index (χ2n) is 6.95. The number of hydrogen-bond acceptors (Lipinski definition) is 3. The molecule has 1 spiro atoms. The van der Waals surface area contributed by atoms with Gasteiger partial charge in [-0.1, -0.05) is 20.8 Å². The predicted molar refractivity (Wildman–Crippen MR) is 72.7 cm³/mol. The first kappa shape index (κ1) is 12.6. The largest absolute Gasteiger partial charge is 0.450 e. The van der Waals surface area contributed by atoms with Gasteiger partial charge in [-0.15, -0.1) is 0 Å². The van der Waals surface area contributed by atoms with Crippen LogP contribution in [0.3, 0.4) is 0 Å². The topological polar surface area (TPSA) is 39.2 Å². The van der Waals surface area contributed by atoms with Gasteiger partial charge in [-0.05, 0) is 43.1 Å². The number of carbonyl (C=O) groups is 1. The van der Waals surface area contributed by atoms with Crippen molar-refractivity contribution in [2.24, 2.45) is 11.3 Å². The molecule has 1 aliphatic heterocycles. The second kappa shape index (κ2) is 4.06. The minimum Gasteiger partial charge on any atom is -0.450 e. The predicted octanol–water partition coefficient (Wildman–Crippen LogP) is 3.68. The summed E-state index contributed by atoms with van der Waals surface area (Å²) < 4.78 is 5.74. The van der Waals surface area contributed by atoms with Gasteiger partial charge in [-0.2, -0.15) is 0 Å². The number of ether oxygens (including phenoxy) is 1. The molecule has 3 nitrogen and oxygen atoms in total. The molecule has 3 rings (SSSR count). The van der Waals surface area contributed by atoms with Crippen molar-refractivity contribution in [1.29, 1.82) is 0 Å². The Morgan fingerprint density at radius 3 is 2.63 bits per heavy atom. The average molecular weight is 259 g/mol. The standard InChI is InChI=1S/C16H21NO2/c1-15(2,3)11-4-7-16(8-5-11)13-10-17-9-6-12(13)14(18)19-16/h6,9-11H,4-5,7-8H2,1-3H3. The number of nitrogens with zero attached hydrogens (tertiary/aromatic N) is 1. The van der Waals surface area contributed by atoms with E-state index in [1.54, 1.807) is 12.3 Å². The lowest BCUT2D eigenvalue weighted by Gasteiger charge is -2.41. The van der Waals surface area contributed by atoms with Gasteiger partial charge in [0.2, 0.25) is 0 Å². The maximum Gasteiger partial charge on any atom is 0.339 e. The van der Waals surface area contributed by atoms with Crippen LogP contribution in [-0.4, -0.2) is 11.0 Å². The van der Waals surface area contributed by atoms with Gasteiger partial charge >= 0.3 is 5.97 Å². The zero-order valence-corrected chi connectivity index (χ0v) is 11.9. The van der Waals surface area contributed by atoms with E-state index in [-0.39, 0.29) is 11.6 Å². The van der Waals surface area contributed by atoms with Crippen LogP contribution < -0.4 is 0 Å². The van der Waals surface area contributed by atoms with E-state index in [9.17, 15) is 4.79 Å². The van der Waals surface area contributed by atoms with E-state index in [2.05, 4.69) is 25.8 Å². The molecule has 0 saturated heterocycles. The van der Waals surface area contributed by atoms with Crippen LogP contribution in [0.5, 0.6) is 0 Å². The number of esters is 1. The summed E-state index contributed by atoms with van der Waals surface area (Å²) in [6.45, 7) is 6.89. The van der Waals surface area contributed by atoms with Crippen LogP contribution in [0.1, 0.15) is 62.4 Å². The van der Waals surface area contributed by atoms with Gasteiger partial charge in [-0.3, -0.25) is 4.98 Å². The zero-order valence-electron chi connectivity index (χ0n) is 11.9. The van der Waals surface area contributed by atoms with Crippen molar-refractivity contribution in [3.63, 3.8) is 0 Å². The van der Waals surface area contributed by atoms with Gasteiger partial charge < -0.3 is 4.74 Å². The summed E-state index contributed by atoms with van der Waals surface area (Å²) in [7, 11) is 0. The van der Waals surface area contributed by atoms with E-state index in [4.69, 9.17) is 4.74 Å². The minimum atomic E-state index is -0.386. The summed E-state index contributed by atoms with van der Waals surface area (Å²) in [5.41, 5.74) is 1.67. The molecule has 19 heavy (non-hydrogen) atoms. The Kier molecular flexibility index (Phi) is 2.70. The zero-order chi connectivity index (χ0) is 13.7. The monoisotopic (exact) mass is 259 g/mol. The highest BCUT2D eigenvalue weighted by atomic mass is 16.6. The number of rotatable bonds is 0. The lowest BCUT2D eigenvalue weighted by Crippen LogP contribution is -2.35. The molecule has 0 N–H and O–H groups in total. The Hall–Kier alpha value is -1.38. The SMILES string of the molecule is CC(C)(C)C1CCC2(CC1)OC(=O)c1ccncc12. The molecule has 1 aromatic rings. The highest BCUT2D eigenvalue weighted by Gasteiger charge is 2.48. The van der Waals surface area contributed by atoms with Gasteiger partial charge in [0.25, 0.3) is 0 Å². The number of hydrogen-bond donors (Lipinski definition) is 0. The van der Waals surface area contributed by atoms with Crippen LogP contribution in [0.2, 0.25) is 0 Å². The molecule has 0 radical (unpaired) electrons. The van der Waals surface area contributed by atoms with Crippen molar-refractivity contribution in [3.8, 4) is 0 Å².